The minimum atomic E-state index is 0. The van der Waals surface area contributed by atoms with Gasteiger partial charge in [0.05, 0.1) is 12.5 Å². The molecular weight excluding hydrogens is 275 g/mol. The molecule has 2 rings (SSSR count). The zero-order chi connectivity index (χ0) is 12.1. The molecule has 0 unspecified atom stereocenters. The monoisotopic (exact) mass is 290 g/mol. The summed E-state index contributed by atoms with van der Waals surface area (Å²) in [6, 6.07) is 7.16. The zero-order valence-corrected chi connectivity index (χ0v) is 11.4. The molecule has 0 atom stereocenters. The van der Waals surface area contributed by atoms with E-state index in [0.29, 0.717) is 18.2 Å². The number of carbonyl (C=O) groups is 1. The molecule has 0 radical (unpaired) electrons. The van der Waals surface area contributed by atoms with Gasteiger partial charge in [-0.25, -0.2) is 0 Å². The number of hydrogen-bond acceptors (Lipinski definition) is 3. The number of rotatable bonds is 5. The van der Waals surface area contributed by atoms with Gasteiger partial charge in [-0.05, 0) is 24.3 Å². The van der Waals surface area contributed by atoms with Crippen molar-refractivity contribution in [2.45, 2.75) is 0 Å². The summed E-state index contributed by atoms with van der Waals surface area (Å²) in [4.78, 5) is 11.5. The lowest BCUT2D eigenvalue weighted by molar-refractivity contribution is -0.126. The van der Waals surface area contributed by atoms with Gasteiger partial charge in [-0.2, -0.15) is 0 Å². The molecule has 1 aliphatic rings. The highest BCUT2D eigenvalue weighted by molar-refractivity contribution is 6.30. The van der Waals surface area contributed by atoms with Gasteiger partial charge in [0.25, 0.3) is 0 Å². The van der Waals surface area contributed by atoms with Crippen LogP contribution in [0.1, 0.15) is 0 Å². The van der Waals surface area contributed by atoms with Gasteiger partial charge in [0.15, 0.2) is 0 Å². The van der Waals surface area contributed by atoms with E-state index >= 15 is 0 Å². The molecule has 0 spiro atoms. The summed E-state index contributed by atoms with van der Waals surface area (Å²) < 4.78 is 5.45. The van der Waals surface area contributed by atoms with Crippen LogP contribution in [0.3, 0.4) is 0 Å². The molecule has 1 aromatic carbocycles. The molecule has 4 nitrogen and oxygen atoms in total. The Hall–Kier alpha value is -0.970. The predicted octanol–water partition coefficient (Wildman–Crippen LogP) is 1.48. The summed E-state index contributed by atoms with van der Waals surface area (Å²) in [7, 11) is 0. The van der Waals surface area contributed by atoms with Gasteiger partial charge in [0.2, 0.25) is 5.91 Å². The van der Waals surface area contributed by atoms with Crippen LogP contribution in [0.25, 0.3) is 0 Å². The number of ether oxygens (including phenoxy) is 1. The zero-order valence-electron chi connectivity index (χ0n) is 9.82. The van der Waals surface area contributed by atoms with Crippen molar-refractivity contribution in [1.82, 2.24) is 10.6 Å². The first-order valence-electron chi connectivity index (χ1n) is 5.62. The fourth-order valence-electron chi connectivity index (χ4n) is 1.49. The average molecular weight is 291 g/mol. The SMILES string of the molecule is Cl.O=C(NCCOc1ccc(Cl)cc1)C1CNC1. The standard InChI is InChI=1S/C12H15ClN2O2.ClH/c13-10-1-3-11(4-2-10)17-6-5-15-12(16)9-7-14-8-9;/h1-4,9,14H,5-8H2,(H,15,16);1H. The second-order valence-electron chi connectivity index (χ2n) is 3.95. The van der Waals surface area contributed by atoms with Crippen molar-refractivity contribution >= 4 is 29.9 Å². The third-order valence-corrected chi connectivity index (χ3v) is 2.89. The van der Waals surface area contributed by atoms with Crippen molar-refractivity contribution in [2.75, 3.05) is 26.2 Å². The Morgan fingerprint density at radius 1 is 1.39 bits per heavy atom. The van der Waals surface area contributed by atoms with E-state index in [1.807, 2.05) is 0 Å². The molecule has 1 amide bonds. The third-order valence-electron chi connectivity index (χ3n) is 2.64. The Bertz CT molecular complexity index is 380. The highest BCUT2D eigenvalue weighted by Gasteiger charge is 2.23. The Morgan fingerprint density at radius 2 is 2.06 bits per heavy atom. The smallest absolute Gasteiger partial charge is 0.225 e. The van der Waals surface area contributed by atoms with Crippen LogP contribution in [0.5, 0.6) is 5.75 Å². The number of amides is 1. The maximum absolute atomic E-state index is 11.5. The van der Waals surface area contributed by atoms with Gasteiger partial charge in [0, 0.05) is 18.1 Å². The van der Waals surface area contributed by atoms with Gasteiger partial charge < -0.3 is 15.4 Å². The molecule has 0 aliphatic carbocycles. The first kappa shape index (κ1) is 15.1. The molecule has 0 saturated carbocycles. The van der Waals surface area contributed by atoms with E-state index in [1.165, 1.54) is 0 Å². The maximum Gasteiger partial charge on any atom is 0.225 e. The molecular formula is C12H16Cl2N2O2. The van der Waals surface area contributed by atoms with Crippen molar-refractivity contribution < 1.29 is 9.53 Å². The molecule has 1 heterocycles. The second-order valence-corrected chi connectivity index (χ2v) is 4.39. The van der Waals surface area contributed by atoms with Crippen LogP contribution in [0.15, 0.2) is 24.3 Å². The van der Waals surface area contributed by atoms with Gasteiger partial charge >= 0.3 is 0 Å². The first-order valence-corrected chi connectivity index (χ1v) is 6.00. The van der Waals surface area contributed by atoms with Gasteiger partial charge in [-0.1, -0.05) is 11.6 Å². The van der Waals surface area contributed by atoms with Crippen molar-refractivity contribution in [1.29, 1.82) is 0 Å². The van der Waals surface area contributed by atoms with Crippen LogP contribution in [0.2, 0.25) is 5.02 Å². The topological polar surface area (TPSA) is 50.4 Å². The molecule has 100 valence electrons. The van der Waals surface area contributed by atoms with E-state index in [9.17, 15) is 4.79 Å². The van der Waals surface area contributed by atoms with Gasteiger partial charge in [-0.3, -0.25) is 4.79 Å². The number of benzene rings is 1. The number of hydrogen-bond donors (Lipinski definition) is 2. The Morgan fingerprint density at radius 3 is 2.61 bits per heavy atom. The summed E-state index contributed by atoms with van der Waals surface area (Å²) in [5.41, 5.74) is 0. The highest BCUT2D eigenvalue weighted by Crippen LogP contribution is 2.15. The average Bonchev–Trinajstić information content (AvgIpc) is 2.24. The summed E-state index contributed by atoms with van der Waals surface area (Å²) in [6.07, 6.45) is 0. The van der Waals surface area contributed by atoms with Gasteiger partial charge in [0.1, 0.15) is 12.4 Å². The van der Waals surface area contributed by atoms with Crippen molar-refractivity contribution in [2.24, 2.45) is 5.92 Å². The molecule has 1 saturated heterocycles. The molecule has 1 fully saturated rings. The van der Waals surface area contributed by atoms with E-state index in [1.54, 1.807) is 24.3 Å². The van der Waals surface area contributed by atoms with Gasteiger partial charge in [-0.15, -0.1) is 12.4 Å². The van der Waals surface area contributed by atoms with Crippen LogP contribution in [0, 0.1) is 5.92 Å². The maximum atomic E-state index is 11.5. The predicted molar refractivity (Wildman–Crippen MR) is 73.6 cm³/mol. The Labute approximate surface area is 117 Å². The number of nitrogens with one attached hydrogen (secondary N) is 2. The van der Waals surface area contributed by atoms with E-state index < -0.39 is 0 Å². The summed E-state index contributed by atoms with van der Waals surface area (Å²) in [5, 5.41) is 6.58. The fourth-order valence-corrected chi connectivity index (χ4v) is 1.62. The van der Waals surface area contributed by atoms with Crippen LogP contribution in [0.4, 0.5) is 0 Å². The molecule has 6 heteroatoms. The highest BCUT2D eigenvalue weighted by atomic mass is 35.5. The van der Waals surface area contributed by atoms with Crippen LogP contribution in [-0.2, 0) is 4.79 Å². The van der Waals surface area contributed by atoms with Crippen LogP contribution >= 0.6 is 24.0 Å². The minimum Gasteiger partial charge on any atom is -0.492 e. The van der Waals surface area contributed by atoms with Crippen LogP contribution in [-0.4, -0.2) is 32.1 Å². The number of halogens is 2. The molecule has 0 aromatic heterocycles. The van der Waals surface area contributed by atoms with Crippen molar-refractivity contribution in [3.8, 4) is 5.75 Å². The summed E-state index contributed by atoms with van der Waals surface area (Å²) >= 11 is 5.75. The molecule has 18 heavy (non-hydrogen) atoms. The lowest BCUT2D eigenvalue weighted by Gasteiger charge is -2.25. The van der Waals surface area contributed by atoms with E-state index in [-0.39, 0.29) is 24.2 Å². The van der Waals surface area contributed by atoms with E-state index in [2.05, 4.69) is 10.6 Å². The van der Waals surface area contributed by atoms with E-state index in [0.717, 1.165) is 18.8 Å². The largest absolute Gasteiger partial charge is 0.492 e. The second kappa shape index (κ2) is 7.46. The molecule has 2 N–H and O–H groups in total. The Kier molecular flexibility index (Phi) is 6.25. The quantitative estimate of drug-likeness (QED) is 0.808. The summed E-state index contributed by atoms with van der Waals surface area (Å²) in [5.74, 6) is 0.989. The van der Waals surface area contributed by atoms with Crippen molar-refractivity contribution in [3.05, 3.63) is 29.3 Å². The van der Waals surface area contributed by atoms with E-state index in [4.69, 9.17) is 16.3 Å². The third kappa shape index (κ3) is 4.37. The molecule has 0 bridgehead atoms. The molecule has 1 aromatic rings. The minimum absolute atomic E-state index is 0. The lowest BCUT2D eigenvalue weighted by atomic mass is 10.0. The fraction of sp³-hybridized carbons (Fsp3) is 0.417. The van der Waals surface area contributed by atoms with Crippen LogP contribution < -0.4 is 15.4 Å². The lowest BCUT2D eigenvalue weighted by Crippen LogP contribution is -2.51. The number of carbonyl (C=O) groups excluding carboxylic acids is 1. The van der Waals surface area contributed by atoms with Crippen molar-refractivity contribution in [3.63, 3.8) is 0 Å². The normalized spacial score (nSPS) is 14.3. The summed E-state index contributed by atoms with van der Waals surface area (Å²) in [6.45, 7) is 2.55. The first-order chi connectivity index (χ1) is 8.25. The Balaban J connectivity index is 0.00000162. The molecule has 1 aliphatic heterocycles.